The van der Waals surface area contributed by atoms with Gasteiger partial charge in [-0.25, -0.2) is 14.6 Å². The molecule has 0 bridgehead atoms. The van der Waals surface area contributed by atoms with E-state index in [9.17, 15) is 0 Å². The number of hydrogen-bond acceptors (Lipinski definition) is 7. The Bertz CT molecular complexity index is 2100. The first-order valence-corrected chi connectivity index (χ1v) is 16.4. The molecule has 0 radical (unpaired) electrons. The third kappa shape index (κ3) is 5.99. The lowest BCUT2D eigenvalue weighted by atomic mass is 9.80. The average Bonchev–Trinajstić information content (AvgIpc) is 3.58. The Kier molecular flexibility index (Phi) is 9.26. The van der Waals surface area contributed by atoms with E-state index in [-0.39, 0.29) is 23.4 Å². The summed E-state index contributed by atoms with van der Waals surface area (Å²) in [6.45, 7) is 0.566. The van der Waals surface area contributed by atoms with Crippen LogP contribution in [0, 0.1) is 0 Å². The minimum Gasteiger partial charge on any atom is -0.477 e. The largest absolute Gasteiger partial charge is 0.477 e. The van der Waals surface area contributed by atoms with E-state index in [0.29, 0.717) is 39.6 Å². The summed E-state index contributed by atoms with van der Waals surface area (Å²) in [4.78, 5) is 9.42. The van der Waals surface area contributed by atoms with Crippen LogP contribution in [0.3, 0.4) is 0 Å². The number of ether oxygens (including phenoxy) is 3. The molecule has 0 saturated heterocycles. The molecule has 0 N–H and O–H groups in total. The van der Waals surface area contributed by atoms with Crippen LogP contribution in [0.15, 0.2) is 127 Å². The molecule has 5 aromatic carbocycles. The smallest absolute Gasteiger partial charge is 0.278 e. The molecule has 49 heavy (non-hydrogen) atoms. The van der Waals surface area contributed by atoms with Gasteiger partial charge in [0.15, 0.2) is 0 Å². The van der Waals surface area contributed by atoms with Gasteiger partial charge in [-0.3, -0.25) is 0 Å². The van der Waals surface area contributed by atoms with Crippen molar-refractivity contribution in [2.24, 2.45) is 0 Å². The van der Waals surface area contributed by atoms with Crippen LogP contribution in [-0.2, 0) is 16.9 Å². The molecule has 0 spiro atoms. The van der Waals surface area contributed by atoms with Crippen molar-refractivity contribution in [2.45, 2.75) is 12.1 Å². The molecule has 0 unspecified atom stereocenters. The van der Waals surface area contributed by atoms with Crippen LogP contribution in [-0.4, -0.2) is 45.8 Å². The van der Waals surface area contributed by atoms with E-state index in [4.69, 9.17) is 42.4 Å². The maximum Gasteiger partial charge on any atom is 0.278 e. The van der Waals surface area contributed by atoms with Crippen LogP contribution in [0.1, 0.15) is 16.7 Å². The van der Waals surface area contributed by atoms with Crippen molar-refractivity contribution >= 4 is 34.2 Å². The lowest BCUT2D eigenvalue weighted by Crippen LogP contribution is -2.34. The third-order valence-corrected chi connectivity index (χ3v) is 9.15. The summed E-state index contributed by atoms with van der Waals surface area (Å²) in [5, 5.41) is 9.88. The van der Waals surface area contributed by atoms with E-state index in [0.717, 1.165) is 22.3 Å². The summed E-state index contributed by atoms with van der Waals surface area (Å²) < 4.78 is 19.8. The molecule has 244 valence electrons. The number of fused-ring (bicyclic) bond motifs is 1. The molecule has 0 amide bonds. The van der Waals surface area contributed by atoms with Gasteiger partial charge in [0.1, 0.15) is 22.5 Å². The van der Waals surface area contributed by atoms with E-state index in [2.05, 4.69) is 51.7 Å². The molecule has 0 aliphatic carbocycles. The lowest BCUT2D eigenvalue weighted by molar-refractivity contribution is 0.00714. The van der Waals surface area contributed by atoms with Gasteiger partial charge in [-0.05, 0) is 22.8 Å². The summed E-state index contributed by atoms with van der Waals surface area (Å²) in [6.07, 6.45) is 0. The van der Waals surface area contributed by atoms with Crippen molar-refractivity contribution in [3.63, 3.8) is 0 Å². The molecule has 0 aliphatic heterocycles. The van der Waals surface area contributed by atoms with Crippen LogP contribution in [0.25, 0.3) is 33.5 Å². The van der Waals surface area contributed by atoms with Crippen LogP contribution in [0.4, 0.5) is 0 Å². The Hall–Kier alpha value is -5.28. The van der Waals surface area contributed by atoms with Gasteiger partial charge in [0, 0.05) is 5.56 Å². The number of benzene rings is 5. The molecule has 10 heteroatoms. The molecular weight excluding hydrogens is 657 g/mol. The summed E-state index contributed by atoms with van der Waals surface area (Å²) >= 11 is 13.8. The van der Waals surface area contributed by atoms with Crippen LogP contribution in [0.2, 0.25) is 10.0 Å². The summed E-state index contributed by atoms with van der Waals surface area (Å²) in [5.74, 6) is 0.429. The van der Waals surface area contributed by atoms with Crippen LogP contribution < -0.4 is 9.47 Å². The molecule has 2 aromatic heterocycles. The highest BCUT2D eigenvalue weighted by Gasteiger charge is 2.37. The highest BCUT2D eigenvalue weighted by Crippen LogP contribution is 2.44. The highest BCUT2D eigenvalue weighted by molar-refractivity contribution is 6.45. The third-order valence-electron chi connectivity index (χ3n) is 8.36. The first kappa shape index (κ1) is 32.3. The second kappa shape index (κ2) is 14.1. The first-order chi connectivity index (χ1) is 24.0. The lowest BCUT2D eigenvalue weighted by Gasteiger charge is -2.36. The predicted octanol–water partition coefficient (Wildman–Crippen LogP) is 8.89. The number of methoxy groups -OCH3 is 2. The second-order valence-electron chi connectivity index (χ2n) is 11.2. The molecule has 2 heterocycles. The van der Waals surface area contributed by atoms with Crippen LogP contribution in [0.5, 0.6) is 11.8 Å². The average molecular weight is 689 g/mol. The van der Waals surface area contributed by atoms with Crippen molar-refractivity contribution in [1.29, 1.82) is 0 Å². The van der Waals surface area contributed by atoms with E-state index in [1.54, 1.807) is 10.7 Å². The van der Waals surface area contributed by atoms with Gasteiger partial charge in [-0.15, -0.1) is 5.10 Å². The molecule has 0 saturated carbocycles. The summed E-state index contributed by atoms with van der Waals surface area (Å²) in [5.41, 5.74) is 5.58. The predicted molar refractivity (Wildman–Crippen MR) is 192 cm³/mol. The molecule has 8 nitrogen and oxygen atoms in total. The van der Waals surface area contributed by atoms with Gasteiger partial charge in [0.05, 0.1) is 48.5 Å². The quantitative estimate of drug-likeness (QED) is 0.126. The van der Waals surface area contributed by atoms with Crippen molar-refractivity contribution in [3.8, 4) is 34.3 Å². The maximum absolute atomic E-state index is 7.09. The number of nitrogens with zero attached hydrogens (tertiary/aromatic N) is 5. The highest BCUT2D eigenvalue weighted by atomic mass is 35.5. The number of hydrogen-bond donors (Lipinski definition) is 0. The standard InChI is InChI=1S/C39H31Cl2N5O3/c1-47-37-38(48-2)43-35-31(42-37)25-30(40)33(41)32(35)36-34(26-15-7-3-8-16-26)44-45-46(36)23-24-49-39(27-17-9-4-10-18-27,28-19-11-5-12-20-28)29-21-13-6-14-22-29/h3-22,25H,23-24H2,1-2H3. The van der Waals surface area contributed by atoms with Crippen LogP contribution >= 0.6 is 23.2 Å². The van der Waals surface area contributed by atoms with E-state index >= 15 is 0 Å². The Morgan fingerprint density at radius 3 is 1.71 bits per heavy atom. The fourth-order valence-electron chi connectivity index (χ4n) is 6.15. The Morgan fingerprint density at radius 2 is 1.18 bits per heavy atom. The van der Waals surface area contributed by atoms with Gasteiger partial charge < -0.3 is 14.2 Å². The number of halogens is 2. The zero-order chi connectivity index (χ0) is 33.8. The number of rotatable bonds is 11. The monoisotopic (exact) mass is 687 g/mol. The topological polar surface area (TPSA) is 84.2 Å². The van der Waals surface area contributed by atoms with Crippen molar-refractivity contribution in [2.75, 3.05) is 20.8 Å². The van der Waals surface area contributed by atoms with Gasteiger partial charge in [0.25, 0.3) is 11.8 Å². The zero-order valence-corrected chi connectivity index (χ0v) is 28.3. The molecule has 0 atom stereocenters. The Labute approximate surface area is 293 Å². The zero-order valence-electron chi connectivity index (χ0n) is 26.8. The summed E-state index contributed by atoms with van der Waals surface area (Å²) in [7, 11) is 3.01. The number of aromatic nitrogens is 5. The van der Waals surface area contributed by atoms with Gasteiger partial charge in [-0.1, -0.05) is 150 Å². The van der Waals surface area contributed by atoms with Crippen molar-refractivity contribution in [1.82, 2.24) is 25.0 Å². The van der Waals surface area contributed by atoms with Gasteiger partial charge in [-0.2, -0.15) is 0 Å². The second-order valence-corrected chi connectivity index (χ2v) is 11.9. The van der Waals surface area contributed by atoms with E-state index in [1.807, 2.05) is 84.9 Å². The minimum atomic E-state index is -0.914. The fraction of sp³-hybridized carbons (Fsp3) is 0.128. The maximum atomic E-state index is 7.09. The Balaban J connectivity index is 1.38. The van der Waals surface area contributed by atoms with E-state index < -0.39 is 5.60 Å². The molecule has 7 aromatic rings. The van der Waals surface area contributed by atoms with Crippen molar-refractivity contribution in [3.05, 3.63) is 154 Å². The minimum absolute atomic E-state index is 0.205. The van der Waals surface area contributed by atoms with Gasteiger partial charge >= 0.3 is 0 Å². The van der Waals surface area contributed by atoms with E-state index in [1.165, 1.54) is 14.2 Å². The molecule has 0 fully saturated rings. The molecule has 0 aliphatic rings. The normalized spacial score (nSPS) is 11.5. The van der Waals surface area contributed by atoms with Gasteiger partial charge in [0.2, 0.25) is 0 Å². The first-order valence-electron chi connectivity index (χ1n) is 15.6. The molecule has 7 rings (SSSR count). The summed E-state index contributed by atoms with van der Waals surface area (Å²) in [6, 6.07) is 42.1. The fourth-order valence-corrected chi connectivity index (χ4v) is 6.58. The van der Waals surface area contributed by atoms with Crippen molar-refractivity contribution < 1.29 is 14.2 Å². The SMILES string of the molecule is COc1nc2cc(Cl)c(Cl)c(-c3c(-c4ccccc4)nnn3CCOC(c3ccccc3)(c3ccccc3)c3ccccc3)c2nc1OC. The molecular formula is C39H31Cl2N5O3. The Morgan fingerprint density at radius 1 is 0.673 bits per heavy atom.